The van der Waals surface area contributed by atoms with Gasteiger partial charge < -0.3 is 0 Å². The van der Waals surface area contributed by atoms with Crippen LogP contribution in [0, 0.1) is 0 Å². The predicted octanol–water partition coefficient (Wildman–Crippen LogP) is 9.61. The van der Waals surface area contributed by atoms with Crippen LogP contribution in [0.5, 0.6) is 0 Å². The fourth-order valence-corrected chi connectivity index (χ4v) is 5.50. The Kier molecular flexibility index (Phi) is 8.61. The van der Waals surface area contributed by atoms with Gasteiger partial charge in [-0.1, -0.05) is 58.5 Å². The van der Waals surface area contributed by atoms with Gasteiger partial charge in [0, 0.05) is 21.9 Å². The fraction of sp³-hybridized carbons (Fsp3) is 0.100. The molecule has 0 aliphatic rings. The Morgan fingerprint density at radius 2 is 1.15 bits per heavy atom. The highest BCUT2D eigenvalue weighted by Gasteiger charge is 2.24. The fourth-order valence-electron chi connectivity index (χ4n) is 2.66. The Labute approximate surface area is 221 Å². The van der Waals surface area contributed by atoms with Gasteiger partial charge in [0.15, 0.2) is 10.0 Å². The molecule has 2 unspecified atom stereocenters. The SMILES string of the molecule is O=[PH](OC(F)c1nc(-c2ccc(Cl)c(Cl)c2)cs1)OC(F)c1nc(-c2ccc(Cl)c(Cl)c2)cs1. The molecule has 0 radical (unpaired) electrons. The summed E-state index contributed by atoms with van der Waals surface area (Å²) in [5, 5.41) is 4.28. The van der Waals surface area contributed by atoms with Gasteiger partial charge in [0.2, 0.25) is 0 Å². The van der Waals surface area contributed by atoms with Gasteiger partial charge in [0.25, 0.3) is 12.7 Å². The molecule has 2 aromatic carbocycles. The lowest BCUT2D eigenvalue weighted by atomic mass is 10.2. The van der Waals surface area contributed by atoms with Crippen LogP contribution in [-0.4, -0.2) is 9.97 Å². The van der Waals surface area contributed by atoms with Crippen LogP contribution in [0.3, 0.4) is 0 Å². The van der Waals surface area contributed by atoms with E-state index in [1.165, 1.54) is 0 Å². The molecule has 0 saturated heterocycles. The van der Waals surface area contributed by atoms with Crippen LogP contribution >= 0.6 is 77.3 Å². The Bertz CT molecular complexity index is 1260. The summed E-state index contributed by atoms with van der Waals surface area (Å²) >= 11 is 25.6. The molecule has 5 nitrogen and oxygen atoms in total. The zero-order chi connectivity index (χ0) is 24.4. The minimum atomic E-state index is -3.56. The van der Waals surface area contributed by atoms with Crippen molar-refractivity contribution in [3.8, 4) is 22.5 Å². The van der Waals surface area contributed by atoms with E-state index in [9.17, 15) is 13.3 Å². The average Bonchev–Trinajstić information content (AvgIpc) is 3.48. The molecule has 2 heterocycles. The van der Waals surface area contributed by atoms with Crippen molar-refractivity contribution in [1.82, 2.24) is 9.97 Å². The summed E-state index contributed by atoms with van der Waals surface area (Å²) < 4.78 is 50.4. The lowest BCUT2D eigenvalue weighted by Gasteiger charge is -2.09. The van der Waals surface area contributed by atoms with Gasteiger partial charge in [-0.3, -0.25) is 13.6 Å². The van der Waals surface area contributed by atoms with Gasteiger partial charge in [0.05, 0.1) is 31.5 Å². The first-order valence-electron chi connectivity index (χ1n) is 9.18. The summed E-state index contributed by atoms with van der Waals surface area (Å²) in [7, 11) is -3.56. The van der Waals surface area contributed by atoms with E-state index in [-0.39, 0.29) is 10.0 Å². The maximum Gasteiger partial charge on any atom is 0.324 e. The second-order valence-electron chi connectivity index (χ2n) is 6.52. The van der Waals surface area contributed by atoms with Crippen molar-refractivity contribution in [2.24, 2.45) is 0 Å². The summed E-state index contributed by atoms with van der Waals surface area (Å²) in [6, 6.07) is 9.66. The third kappa shape index (κ3) is 6.16. The van der Waals surface area contributed by atoms with Crippen LogP contribution in [0.2, 0.25) is 20.1 Å². The molecule has 0 aliphatic carbocycles. The van der Waals surface area contributed by atoms with Crippen molar-refractivity contribution in [1.29, 1.82) is 0 Å². The van der Waals surface area contributed by atoms with E-state index in [2.05, 4.69) is 9.97 Å². The van der Waals surface area contributed by atoms with Crippen molar-refractivity contribution < 1.29 is 22.4 Å². The number of halogens is 6. The quantitative estimate of drug-likeness (QED) is 0.188. The van der Waals surface area contributed by atoms with Crippen molar-refractivity contribution in [2.75, 3.05) is 0 Å². The van der Waals surface area contributed by atoms with E-state index in [0.29, 0.717) is 42.6 Å². The van der Waals surface area contributed by atoms with Crippen LogP contribution in [0.1, 0.15) is 22.7 Å². The van der Waals surface area contributed by atoms with E-state index in [4.69, 9.17) is 55.5 Å². The van der Waals surface area contributed by atoms with Crippen LogP contribution in [-0.2, 0) is 13.6 Å². The monoisotopic (exact) mass is 600 g/mol. The largest absolute Gasteiger partial charge is 0.324 e. The molecule has 0 amide bonds. The van der Waals surface area contributed by atoms with E-state index >= 15 is 0 Å². The standard InChI is InChI=1S/C20H11Cl4F2N2O3PS2/c21-11-3-1-9(5-13(11)23)15-7-33-19(27-15)17(25)30-32(29)31-18(26)20-28-16(8-34-20)10-2-4-12(22)14(24)6-10/h1-8,17-18,32H. The van der Waals surface area contributed by atoms with Crippen LogP contribution < -0.4 is 0 Å². The number of rotatable bonds is 8. The Morgan fingerprint density at radius 3 is 1.53 bits per heavy atom. The highest BCUT2D eigenvalue weighted by Crippen LogP contribution is 2.42. The number of thiazole rings is 2. The molecule has 4 rings (SSSR count). The van der Waals surface area contributed by atoms with Crippen molar-refractivity contribution in [2.45, 2.75) is 12.7 Å². The minimum Gasteiger partial charge on any atom is -0.268 e. The summed E-state index contributed by atoms with van der Waals surface area (Å²) in [6.45, 7) is 0. The van der Waals surface area contributed by atoms with Gasteiger partial charge in [-0.15, -0.1) is 22.7 Å². The molecule has 14 heteroatoms. The third-order valence-corrected chi connectivity index (χ3v) is 8.26. The molecule has 0 N–H and O–H groups in total. The molecule has 178 valence electrons. The number of nitrogens with zero attached hydrogens (tertiary/aromatic N) is 2. The second-order valence-corrected chi connectivity index (χ2v) is 10.9. The first kappa shape index (κ1) is 25.9. The number of aromatic nitrogens is 2. The zero-order valence-corrected chi connectivity index (χ0v) is 22.1. The maximum atomic E-state index is 14.5. The molecule has 34 heavy (non-hydrogen) atoms. The number of hydrogen-bond donors (Lipinski definition) is 0. The molecular formula is C20H11Cl4F2N2O3PS2. The average molecular weight is 602 g/mol. The van der Waals surface area contributed by atoms with Crippen molar-refractivity contribution >= 4 is 77.3 Å². The molecule has 4 aromatic rings. The Hall–Kier alpha value is -1.13. The van der Waals surface area contributed by atoms with Gasteiger partial charge in [0.1, 0.15) is 0 Å². The van der Waals surface area contributed by atoms with Gasteiger partial charge in [-0.05, 0) is 24.3 Å². The van der Waals surface area contributed by atoms with Gasteiger partial charge in [-0.2, -0.15) is 0 Å². The van der Waals surface area contributed by atoms with E-state index in [1.54, 1.807) is 47.2 Å². The zero-order valence-electron chi connectivity index (χ0n) is 16.5. The highest BCUT2D eigenvalue weighted by molar-refractivity contribution is 7.33. The number of alkyl halides is 2. The molecule has 0 fully saturated rings. The maximum absolute atomic E-state index is 14.5. The smallest absolute Gasteiger partial charge is 0.268 e. The molecule has 0 aliphatic heterocycles. The summed E-state index contributed by atoms with van der Waals surface area (Å²) in [6.07, 6.45) is -4.36. The first-order chi connectivity index (χ1) is 16.2. The topological polar surface area (TPSA) is 61.3 Å². The predicted molar refractivity (Wildman–Crippen MR) is 134 cm³/mol. The second kappa shape index (κ2) is 11.3. The summed E-state index contributed by atoms with van der Waals surface area (Å²) in [5.41, 5.74) is 2.06. The molecule has 0 spiro atoms. The molecule has 0 saturated carbocycles. The van der Waals surface area contributed by atoms with Crippen molar-refractivity contribution in [3.63, 3.8) is 0 Å². The summed E-state index contributed by atoms with van der Waals surface area (Å²) in [5.74, 6) is 0. The molecule has 2 atom stereocenters. The first-order valence-corrected chi connectivity index (χ1v) is 13.7. The third-order valence-electron chi connectivity index (χ3n) is 4.26. The van der Waals surface area contributed by atoms with E-state index in [1.807, 2.05) is 0 Å². The van der Waals surface area contributed by atoms with E-state index < -0.39 is 21.0 Å². The van der Waals surface area contributed by atoms with Crippen LogP contribution in [0.15, 0.2) is 47.2 Å². The minimum absolute atomic E-state index is 0.116. The lowest BCUT2D eigenvalue weighted by Crippen LogP contribution is -1.97. The lowest BCUT2D eigenvalue weighted by molar-refractivity contribution is 0.0126. The highest BCUT2D eigenvalue weighted by atomic mass is 35.5. The van der Waals surface area contributed by atoms with Gasteiger partial charge >= 0.3 is 8.25 Å². The number of hydrogen-bond acceptors (Lipinski definition) is 7. The van der Waals surface area contributed by atoms with E-state index in [0.717, 1.165) is 22.7 Å². The molecule has 2 aromatic heterocycles. The molecular weight excluding hydrogens is 591 g/mol. The Morgan fingerprint density at radius 1 is 0.735 bits per heavy atom. The Balaban J connectivity index is 1.37. The normalized spacial score (nSPS) is 14.2. The van der Waals surface area contributed by atoms with Crippen molar-refractivity contribution in [3.05, 3.63) is 77.3 Å². The van der Waals surface area contributed by atoms with Crippen LogP contribution in [0.25, 0.3) is 22.5 Å². The molecule has 0 bridgehead atoms. The summed E-state index contributed by atoms with van der Waals surface area (Å²) in [4.78, 5) is 8.21. The number of benzene rings is 2. The van der Waals surface area contributed by atoms with Crippen LogP contribution in [0.4, 0.5) is 8.78 Å². The van der Waals surface area contributed by atoms with Gasteiger partial charge in [-0.25, -0.2) is 18.7 Å².